The lowest BCUT2D eigenvalue weighted by molar-refractivity contribution is -0.131. The first-order valence-corrected chi connectivity index (χ1v) is 3.28. The van der Waals surface area contributed by atoms with E-state index in [-0.39, 0.29) is 6.32 Å². The molecule has 0 aliphatic carbocycles. The molecular weight excluding hydrogens is 139 g/mol. The maximum atomic E-state index is 10.6. The molecule has 11 heavy (non-hydrogen) atoms. The Bertz CT molecular complexity index is 233. The zero-order valence-electron chi connectivity index (χ0n) is 5.99. The Kier molecular flexibility index (Phi) is 2.72. The zero-order chi connectivity index (χ0) is 8.10. The molecule has 0 aliphatic heterocycles. The maximum absolute atomic E-state index is 10.6. The maximum Gasteiger partial charge on any atom is 0.302 e. The summed E-state index contributed by atoms with van der Waals surface area (Å²) in [4.78, 5) is 10.6. The summed E-state index contributed by atoms with van der Waals surface area (Å²) in [5.74, 6) is 0.110. The van der Waals surface area contributed by atoms with Gasteiger partial charge in [0.25, 0.3) is 0 Å². The average molecular weight is 146 g/mol. The van der Waals surface area contributed by atoms with E-state index >= 15 is 0 Å². The minimum atomic E-state index is -0.420. The summed E-state index contributed by atoms with van der Waals surface area (Å²) in [5.41, 5.74) is 0. The van der Waals surface area contributed by atoms with E-state index in [9.17, 15) is 4.79 Å². The Morgan fingerprint density at radius 2 is 2.00 bits per heavy atom. The van der Waals surface area contributed by atoms with Gasteiger partial charge in [0.1, 0.15) is 5.75 Å². The molecule has 2 radical (unpaired) electrons. The molecule has 2 nitrogen and oxygen atoms in total. The van der Waals surface area contributed by atoms with Crippen LogP contribution in [0, 0.1) is 0 Å². The number of carbonyl (C=O) groups is 1. The van der Waals surface area contributed by atoms with Crippen LogP contribution in [-0.2, 0) is 4.79 Å². The number of ether oxygens (including phenoxy) is 1. The monoisotopic (exact) mass is 146 g/mol. The number of hydrogen-bond acceptors (Lipinski definition) is 2. The Morgan fingerprint density at radius 3 is 2.55 bits per heavy atom. The van der Waals surface area contributed by atoms with Crippen LogP contribution in [0.25, 0.3) is 0 Å². The molecule has 0 atom stereocenters. The van der Waals surface area contributed by atoms with E-state index in [1.54, 1.807) is 24.3 Å². The first-order chi connectivity index (χ1) is 5.33. The number of carbonyl (C=O) groups excluding carboxylic acids is 1. The molecule has 0 saturated carbocycles. The van der Waals surface area contributed by atoms with Gasteiger partial charge in [-0.15, -0.1) is 0 Å². The van der Waals surface area contributed by atoms with Crippen molar-refractivity contribution in [2.75, 3.05) is 0 Å². The lowest BCUT2D eigenvalue weighted by Gasteiger charge is -2.00. The van der Waals surface area contributed by atoms with Crippen molar-refractivity contribution in [2.45, 2.75) is 6.32 Å². The molecule has 0 saturated heterocycles. The van der Waals surface area contributed by atoms with E-state index < -0.39 is 5.97 Å². The topological polar surface area (TPSA) is 26.3 Å². The summed E-state index contributed by atoms with van der Waals surface area (Å²) >= 11 is 0. The number of para-hydroxylation sites is 1. The van der Waals surface area contributed by atoms with Crippen LogP contribution in [0.1, 0.15) is 0 Å². The van der Waals surface area contributed by atoms with Crippen LogP contribution in [0.2, 0.25) is 6.32 Å². The van der Waals surface area contributed by atoms with E-state index in [0.717, 1.165) is 0 Å². The largest absolute Gasteiger partial charge is 0.427 e. The van der Waals surface area contributed by atoms with Gasteiger partial charge in [0.2, 0.25) is 0 Å². The Hall–Kier alpha value is -1.25. The molecule has 54 valence electrons. The van der Waals surface area contributed by atoms with Gasteiger partial charge in [-0.1, -0.05) is 18.2 Å². The van der Waals surface area contributed by atoms with Crippen LogP contribution < -0.4 is 4.74 Å². The van der Waals surface area contributed by atoms with Crippen molar-refractivity contribution in [1.82, 2.24) is 0 Å². The zero-order valence-corrected chi connectivity index (χ0v) is 5.99. The van der Waals surface area contributed by atoms with Crippen molar-refractivity contribution < 1.29 is 9.53 Å². The summed E-state index contributed by atoms with van der Waals surface area (Å²) in [6.45, 7) is 0. The molecule has 0 fully saturated rings. The predicted molar refractivity (Wildman–Crippen MR) is 42.6 cm³/mol. The quantitative estimate of drug-likeness (QED) is 0.355. The van der Waals surface area contributed by atoms with E-state index in [1.165, 1.54) is 0 Å². The van der Waals surface area contributed by atoms with Gasteiger partial charge in [0.15, 0.2) is 0 Å². The average Bonchev–Trinajstić information content (AvgIpc) is 2.06. The summed E-state index contributed by atoms with van der Waals surface area (Å²) in [7, 11) is 5.05. The fourth-order valence-corrected chi connectivity index (χ4v) is 0.662. The smallest absolute Gasteiger partial charge is 0.302 e. The fourth-order valence-electron chi connectivity index (χ4n) is 0.662. The third kappa shape index (κ3) is 2.46. The third-order valence-corrected chi connectivity index (χ3v) is 1.14. The minimum Gasteiger partial charge on any atom is -0.427 e. The molecule has 0 aliphatic rings. The lowest BCUT2D eigenvalue weighted by atomic mass is 10.1. The summed E-state index contributed by atoms with van der Waals surface area (Å²) < 4.78 is 4.80. The third-order valence-electron chi connectivity index (χ3n) is 1.14. The SMILES string of the molecule is [B]CC(=O)Oc1ccccc1. The Morgan fingerprint density at radius 1 is 1.36 bits per heavy atom. The highest BCUT2D eigenvalue weighted by Gasteiger charge is 1.97. The number of esters is 1. The van der Waals surface area contributed by atoms with Crippen molar-refractivity contribution in [1.29, 1.82) is 0 Å². The Labute approximate surface area is 66.6 Å². The summed E-state index contributed by atoms with van der Waals surface area (Å²) in [5, 5.41) is 0. The molecule has 1 rings (SSSR count). The second kappa shape index (κ2) is 3.81. The molecule has 3 heteroatoms. The first-order valence-electron chi connectivity index (χ1n) is 3.28. The normalized spacial score (nSPS) is 9.09. The van der Waals surface area contributed by atoms with E-state index in [4.69, 9.17) is 12.6 Å². The number of hydrogen-bond donors (Lipinski definition) is 0. The lowest BCUT2D eigenvalue weighted by Crippen LogP contribution is -2.05. The van der Waals surface area contributed by atoms with Gasteiger partial charge in [0.05, 0.1) is 7.85 Å². The van der Waals surface area contributed by atoms with Gasteiger partial charge in [-0.05, 0) is 12.1 Å². The van der Waals surface area contributed by atoms with Crippen LogP contribution in [-0.4, -0.2) is 13.8 Å². The molecule has 1 aromatic rings. The van der Waals surface area contributed by atoms with Crippen LogP contribution >= 0.6 is 0 Å². The standard InChI is InChI=1S/C8H7BO2/c9-6-8(10)11-7-4-2-1-3-5-7/h1-5H,6H2. The highest BCUT2D eigenvalue weighted by atomic mass is 16.5. The van der Waals surface area contributed by atoms with Crippen molar-refractivity contribution in [3.63, 3.8) is 0 Å². The van der Waals surface area contributed by atoms with Gasteiger partial charge >= 0.3 is 5.97 Å². The summed E-state index contributed by atoms with van der Waals surface area (Å²) in [6, 6.07) is 8.83. The van der Waals surface area contributed by atoms with Crippen LogP contribution in [0.15, 0.2) is 30.3 Å². The molecule has 0 unspecified atom stereocenters. The molecule has 0 aromatic heterocycles. The molecule has 0 heterocycles. The van der Waals surface area contributed by atoms with Crippen LogP contribution in [0.5, 0.6) is 5.75 Å². The molecule has 1 aromatic carbocycles. The van der Waals surface area contributed by atoms with Crippen LogP contribution in [0.4, 0.5) is 0 Å². The minimum absolute atomic E-state index is 0.0884. The number of rotatable bonds is 2. The molecule has 0 amide bonds. The van der Waals surface area contributed by atoms with Crippen molar-refractivity contribution in [2.24, 2.45) is 0 Å². The molecular formula is C8H7BO2. The van der Waals surface area contributed by atoms with Crippen molar-refractivity contribution in [3.05, 3.63) is 30.3 Å². The second-order valence-corrected chi connectivity index (χ2v) is 1.99. The van der Waals surface area contributed by atoms with E-state index in [1.807, 2.05) is 6.07 Å². The number of benzene rings is 1. The highest BCUT2D eigenvalue weighted by molar-refractivity contribution is 6.18. The molecule has 0 N–H and O–H groups in total. The highest BCUT2D eigenvalue weighted by Crippen LogP contribution is 2.08. The first kappa shape index (κ1) is 7.86. The van der Waals surface area contributed by atoms with Crippen LogP contribution in [0.3, 0.4) is 0 Å². The second-order valence-electron chi connectivity index (χ2n) is 1.99. The van der Waals surface area contributed by atoms with Gasteiger partial charge in [-0.2, -0.15) is 0 Å². The molecule has 0 bridgehead atoms. The van der Waals surface area contributed by atoms with E-state index in [2.05, 4.69) is 0 Å². The van der Waals surface area contributed by atoms with Gasteiger partial charge in [-0.3, -0.25) is 4.79 Å². The Balaban J connectivity index is 2.58. The van der Waals surface area contributed by atoms with Gasteiger partial charge in [-0.25, -0.2) is 0 Å². The fraction of sp³-hybridized carbons (Fsp3) is 0.125. The van der Waals surface area contributed by atoms with Gasteiger partial charge < -0.3 is 4.74 Å². The van der Waals surface area contributed by atoms with Crippen molar-refractivity contribution in [3.8, 4) is 5.75 Å². The van der Waals surface area contributed by atoms with E-state index in [0.29, 0.717) is 5.75 Å². The van der Waals surface area contributed by atoms with Gasteiger partial charge in [0, 0.05) is 6.32 Å². The predicted octanol–water partition coefficient (Wildman–Crippen LogP) is 1.18. The van der Waals surface area contributed by atoms with Crippen molar-refractivity contribution >= 4 is 13.8 Å². The molecule has 0 spiro atoms. The summed E-state index contributed by atoms with van der Waals surface area (Å²) in [6.07, 6.45) is -0.0884.